The van der Waals surface area contributed by atoms with Crippen LogP contribution in [-0.4, -0.2) is 34.9 Å². The van der Waals surface area contributed by atoms with Crippen LogP contribution >= 0.6 is 0 Å². The maximum absolute atomic E-state index is 5.99. The summed E-state index contributed by atoms with van der Waals surface area (Å²) in [4.78, 5) is 4.55. The first-order valence-corrected chi connectivity index (χ1v) is 8.24. The molecule has 0 aromatic carbocycles. The molecule has 0 amide bonds. The molecule has 3 N–H and O–H groups in total. The maximum atomic E-state index is 5.99. The van der Waals surface area contributed by atoms with Crippen molar-refractivity contribution >= 4 is 5.96 Å². The van der Waals surface area contributed by atoms with Gasteiger partial charge in [-0.25, -0.2) is 0 Å². The number of rotatable bonds is 4. The molecule has 0 radical (unpaired) electrons. The molecule has 6 nitrogen and oxygen atoms in total. The number of nitrogens with zero attached hydrogens (tertiary/aromatic N) is 3. The second kappa shape index (κ2) is 6.28. The zero-order valence-electron chi connectivity index (χ0n) is 13.8. The molecule has 2 atom stereocenters. The van der Waals surface area contributed by atoms with Crippen LogP contribution in [0.3, 0.4) is 0 Å². The Hall–Kier alpha value is -1.56. The fourth-order valence-electron chi connectivity index (χ4n) is 3.36. The topological polar surface area (TPSA) is 77.5 Å². The molecule has 1 aliphatic heterocycles. The number of aliphatic imine (C=N–C) groups is 1. The molecule has 0 unspecified atom stereocenters. The molecule has 6 heteroatoms. The van der Waals surface area contributed by atoms with Gasteiger partial charge in [0.2, 0.25) is 0 Å². The molecule has 3 rings (SSSR count). The van der Waals surface area contributed by atoms with Crippen molar-refractivity contribution in [3.8, 4) is 0 Å². The highest BCUT2D eigenvalue weighted by Gasteiger charge is 2.33. The van der Waals surface area contributed by atoms with Gasteiger partial charge in [-0.1, -0.05) is 0 Å². The predicted molar refractivity (Wildman–Crippen MR) is 86.7 cm³/mol. The van der Waals surface area contributed by atoms with Crippen molar-refractivity contribution in [3.63, 3.8) is 0 Å². The van der Waals surface area contributed by atoms with E-state index in [0.29, 0.717) is 24.5 Å². The summed E-state index contributed by atoms with van der Waals surface area (Å²) in [6.07, 6.45) is 4.83. The van der Waals surface area contributed by atoms with Crippen LogP contribution in [0.1, 0.15) is 48.7 Å². The average molecular weight is 305 g/mol. The molecule has 2 heterocycles. The van der Waals surface area contributed by atoms with Crippen molar-refractivity contribution in [2.75, 3.05) is 13.2 Å². The molecule has 1 saturated carbocycles. The van der Waals surface area contributed by atoms with Crippen LogP contribution in [0.2, 0.25) is 0 Å². The molecule has 0 bridgehead atoms. The van der Waals surface area contributed by atoms with Gasteiger partial charge in [0.25, 0.3) is 0 Å². The lowest BCUT2D eigenvalue weighted by Crippen LogP contribution is -2.43. The zero-order valence-corrected chi connectivity index (χ0v) is 13.8. The van der Waals surface area contributed by atoms with Gasteiger partial charge in [0.15, 0.2) is 5.96 Å². The Morgan fingerprint density at radius 3 is 2.77 bits per heavy atom. The molecule has 1 aromatic heterocycles. The van der Waals surface area contributed by atoms with Crippen LogP contribution in [0.5, 0.6) is 0 Å². The van der Waals surface area contributed by atoms with E-state index in [0.717, 1.165) is 18.7 Å². The highest BCUT2D eigenvalue weighted by molar-refractivity contribution is 5.78. The molecule has 122 valence electrons. The van der Waals surface area contributed by atoms with Crippen LogP contribution in [0.25, 0.3) is 0 Å². The van der Waals surface area contributed by atoms with Crippen LogP contribution in [-0.2, 0) is 11.8 Å². The molecule has 1 aromatic rings. The fourth-order valence-corrected chi connectivity index (χ4v) is 3.36. The number of hydrogen-bond donors (Lipinski definition) is 2. The lowest BCUT2D eigenvalue weighted by atomic mass is 9.93. The summed E-state index contributed by atoms with van der Waals surface area (Å²) in [5, 5.41) is 7.80. The third-order valence-electron chi connectivity index (χ3n) is 5.02. The minimum absolute atomic E-state index is 0.0916. The van der Waals surface area contributed by atoms with Gasteiger partial charge in [0.1, 0.15) is 0 Å². The van der Waals surface area contributed by atoms with E-state index in [1.807, 2.05) is 11.7 Å². The van der Waals surface area contributed by atoms with Gasteiger partial charge in [-0.05, 0) is 39.5 Å². The number of hydrogen-bond acceptors (Lipinski definition) is 3. The molecule has 22 heavy (non-hydrogen) atoms. The fraction of sp³-hybridized carbons (Fsp3) is 0.750. The number of ether oxygens (including phenoxy) is 1. The first-order valence-electron chi connectivity index (χ1n) is 8.24. The molecule has 1 aliphatic carbocycles. The van der Waals surface area contributed by atoms with E-state index in [1.54, 1.807) is 0 Å². The monoisotopic (exact) mass is 305 g/mol. The van der Waals surface area contributed by atoms with Crippen LogP contribution < -0.4 is 11.1 Å². The van der Waals surface area contributed by atoms with Crippen molar-refractivity contribution in [2.24, 2.45) is 23.7 Å². The maximum Gasteiger partial charge on any atom is 0.188 e. The van der Waals surface area contributed by atoms with Crippen LogP contribution in [0.15, 0.2) is 4.99 Å². The Labute approximate surface area is 132 Å². The molecule has 2 fully saturated rings. The van der Waals surface area contributed by atoms with E-state index in [-0.39, 0.29) is 6.10 Å². The number of aromatic nitrogens is 2. The summed E-state index contributed by atoms with van der Waals surface area (Å²) in [5.41, 5.74) is 9.46. The van der Waals surface area contributed by atoms with Crippen molar-refractivity contribution in [3.05, 3.63) is 17.0 Å². The largest absolute Gasteiger partial charge is 0.373 e. The van der Waals surface area contributed by atoms with Crippen LogP contribution in [0, 0.1) is 19.8 Å². The van der Waals surface area contributed by atoms with E-state index in [1.165, 1.54) is 30.5 Å². The Morgan fingerprint density at radius 1 is 1.41 bits per heavy atom. The lowest BCUT2D eigenvalue weighted by molar-refractivity contribution is 0.0915. The summed E-state index contributed by atoms with van der Waals surface area (Å²) >= 11 is 0. The third kappa shape index (κ3) is 2.97. The van der Waals surface area contributed by atoms with Crippen molar-refractivity contribution in [2.45, 2.75) is 51.7 Å². The minimum Gasteiger partial charge on any atom is -0.373 e. The van der Waals surface area contributed by atoms with Crippen molar-refractivity contribution < 1.29 is 4.74 Å². The van der Waals surface area contributed by atoms with Gasteiger partial charge >= 0.3 is 0 Å². The van der Waals surface area contributed by atoms with E-state index >= 15 is 0 Å². The molecule has 1 saturated heterocycles. The summed E-state index contributed by atoms with van der Waals surface area (Å²) < 4.78 is 7.92. The number of guanidine groups is 1. The lowest BCUT2D eigenvalue weighted by Gasteiger charge is -2.27. The standard InChI is InChI=1S/C16H27N5O/c1-10-14(11(2)21(3)20-10)15-12(7-8-22-15)9-18-16(17)19-13-5-4-6-13/h12-13,15H,4-9H2,1-3H3,(H3,17,18,19)/t12-,15+/m0/s1. The smallest absolute Gasteiger partial charge is 0.188 e. The van der Waals surface area contributed by atoms with Crippen molar-refractivity contribution in [1.29, 1.82) is 0 Å². The first-order chi connectivity index (χ1) is 10.6. The summed E-state index contributed by atoms with van der Waals surface area (Å²) in [6, 6.07) is 0.530. The van der Waals surface area contributed by atoms with Crippen LogP contribution in [0.4, 0.5) is 0 Å². The SMILES string of the molecule is Cc1nn(C)c(C)c1[C@@H]1OCC[C@H]1CN=C(N)NC1CCC1. The Balaban J connectivity index is 1.66. The number of nitrogens with one attached hydrogen (secondary N) is 1. The molecule has 2 aliphatic rings. The molecular weight excluding hydrogens is 278 g/mol. The highest BCUT2D eigenvalue weighted by Crippen LogP contribution is 2.37. The second-order valence-corrected chi connectivity index (χ2v) is 6.55. The quantitative estimate of drug-likeness (QED) is 0.654. The van der Waals surface area contributed by atoms with Gasteiger partial charge in [-0.15, -0.1) is 0 Å². The second-order valence-electron chi connectivity index (χ2n) is 6.55. The van der Waals surface area contributed by atoms with Crippen molar-refractivity contribution in [1.82, 2.24) is 15.1 Å². The van der Waals surface area contributed by atoms with E-state index in [4.69, 9.17) is 10.5 Å². The molecular formula is C16H27N5O. The van der Waals surface area contributed by atoms with E-state index in [9.17, 15) is 0 Å². The van der Waals surface area contributed by atoms with E-state index < -0.39 is 0 Å². The minimum atomic E-state index is 0.0916. The van der Waals surface area contributed by atoms with Gasteiger partial charge in [-0.3, -0.25) is 9.67 Å². The highest BCUT2D eigenvalue weighted by atomic mass is 16.5. The number of nitrogens with two attached hydrogens (primary N) is 1. The normalized spacial score (nSPS) is 26.2. The zero-order chi connectivity index (χ0) is 15.7. The average Bonchev–Trinajstić information content (AvgIpc) is 2.97. The summed E-state index contributed by atoms with van der Waals surface area (Å²) in [7, 11) is 1.98. The number of aryl methyl sites for hydroxylation is 2. The Morgan fingerprint density at radius 2 is 2.18 bits per heavy atom. The van der Waals surface area contributed by atoms with Gasteiger partial charge in [0.05, 0.1) is 11.8 Å². The third-order valence-corrected chi connectivity index (χ3v) is 5.02. The first kappa shape index (κ1) is 15.3. The Kier molecular flexibility index (Phi) is 4.38. The summed E-state index contributed by atoms with van der Waals surface area (Å²) in [5.74, 6) is 0.957. The van der Waals surface area contributed by atoms with Gasteiger partial charge in [-0.2, -0.15) is 5.10 Å². The Bertz CT molecular complexity index is 561. The van der Waals surface area contributed by atoms with Gasteiger partial charge < -0.3 is 15.8 Å². The molecule has 0 spiro atoms. The summed E-state index contributed by atoms with van der Waals surface area (Å²) in [6.45, 7) is 5.65. The predicted octanol–water partition coefficient (Wildman–Crippen LogP) is 1.57. The van der Waals surface area contributed by atoms with Gasteiger partial charge in [0, 0.05) is 43.4 Å². The van der Waals surface area contributed by atoms with E-state index in [2.05, 4.69) is 29.3 Å².